The van der Waals surface area contributed by atoms with Crippen LogP contribution < -0.4 is 5.56 Å². The second-order valence-corrected chi connectivity index (χ2v) is 8.44. The number of nitriles is 1. The fraction of sp³-hybridized carbons (Fsp3) is 0.296. The molecule has 0 unspecified atom stereocenters. The Balaban J connectivity index is 2.31. The molecule has 1 aromatic carbocycles. The zero-order valence-corrected chi connectivity index (χ0v) is 21.7. The van der Waals surface area contributed by atoms with Crippen molar-refractivity contribution in [2.24, 2.45) is 10.2 Å². The number of hydrogen-bond acceptors (Lipinski definition) is 9. The molecule has 0 spiro atoms. The van der Waals surface area contributed by atoms with Crippen molar-refractivity contribution in [2.45, 2.75) is 40.2 Å². The number of benzene rings is 1. The van der Waals surface area contributed by atoms with Crippen molar-refractivity contribution in [3.8, 4) is 6.07 Å². The highest BCUT2D eigenvalue weighted by Gasteiger charge is 2.28. The molecule has 0 saturated carbocycles. The Labute approximate surface area is 220 Å². The van der Waals surface area contributed by atoms with E-state index < -0.39 is 22.3 Å². The lowest BCUT2D eigenvalue weighted by Crippen LogP contribution is -2.26. The molecule has 1 aromatic heterocycles. The first kappa shape index (κ1) is 29.4. The molecule has 0 fully saturated rings. The minimum absolute atomic E-state index is 0.0621. The molecule has 0 amide bonds. The van der Waals surface area contributed by atoms with E-state index in [1.54, 1.807) is 38.1 Å². The minimum atomic E-state index is -0.786. The van der Waals surface area contributed by atoms with Crippen LogP contribution in [-0.4, -0.2) is 28.7 Å². The maximum atomic E-state index is 12.9. The molecule has 0 aliphatic rings. The Kier molecular flexibility index (Phi) is 10.4. The predicted molar refractivity (Wildman–Crippen MR) is 141 cm³/mol. The average molecular weight is 520 g/mol. The number of hydrogen-bond donors (Lipinski definition) is 0. The van der Waals surface area contributed by atoms with Gasteiger partial charge in [0, 0.05) is 24.0 Å². The van der Waals surface area contributed by atoms with Gasteiger partial charge in [-0.1, -0.05) is 31.9 Å². The van der Waals surface area contributed by atoms with Crippen molar-refractivity contribution < 1.29 is 19.2 Å². The van der Waals surface area contributed by atoms with Gasteiger partial charge in [-0.2, -0.15) is 14.9 Å². The van der Waals surface area contributed by atoms with Gasteiger partial charge in [0.2, 0.25) is 0 Å². The molecule has 0 atom stereocenters. The fourth-order valence-corrected chi connectivity index (χ4v) is 3.21. The summed E-state index contributed by atoms with van der Waals surface area (Å²) in [4.78, 5) is 35.6. The summed E-state index contributed by atoms with van der Waals surface area (Å²) >= 11 is 0. The summed E-state index contributed by atoms with van der Waals surface area (Å²) in [6.07, 6.45) is 0.710. The van der Waals surface area contributed by atoms with Gasteiger partial charge in [-0.15, -0.1) is 5.11 Å². The number of azo groups is 1. The first-order valence-corrected chi connectivity index (χ1v) is 11.6. The summed E-state index contributed by atoms with van der Waals surface area (Å²) in [5.41, 5.74) is 1.06. The lowest BCUT2D eigenvalue weighted by molar-refractivity contribution is -0.392. The first-order chi connectivity index (χ1) is 18.0. The average Bonchev–Trinajstić information content (AvgIpc) is 2.87. The van der Waals surface area contributed by atoms with E-state index in [-0.39, 0.29) is 43.0 Å². The maximum Gasteiger partial charge on any atom is 0.354 e. The fourth-order valence-electron chi connectivity index (χ4n) is 3.21. The minimum Gasteiger partial charge on any atom is -0.494 e. The maximum absolute atomic E-state index is 12.9. The Bertz CT molecular complexity index is 1400. The number of nitro groups is 1. The van der Waals surface area contributed by atoms with E-state index in [2.05, 4.69) is 30.0 Å². The van der Waals surface area contributed by atoms with Crippen LogP contribution in [0.2, 0.25) is 0 Å². The molecule has 2 aromatic rings. The molecule has 11 nitrogen and oxygen atoms in total. The Hall–Kier alpha value is -4.85. The normalized spacial score (nSPS) is 10.6. The van der Waals surface area contributed by atoms with Crippen molar-refractivity contribution in [1.82, 2.24) is 4.57 Å². The third-order valence-electron chi connectivity index (χ3n) is 5.39. The molecule has 1 heterocycles. The zero-order chi connectivity index (χ0) is 28.4. The number of nitrogens with zero attached hydrogens (tertiary/aromatic N) is 5. The number of pyridine rings is 1. The predicted octanol–water partition coefficient (Wildman–Crippen LogP) is 5.51. The summed E-state index contributed by atoms with van der Waals surface area (Å²) in [7, 11) is 0. The quantitative estimate of drug-likeness (QED) is 0.0495. The van der Waals surface area contributed by atoms with Gasteiger partial charge < -0.3 is 19.6 Å². The highest BCUT2D eigenvalue weighted by molar-refractivity contribution is 5.86. The van der Waals surface area contributed by atoms with Crippen molar-refractivity contribution in [1.29, 1.82) is 5.26 Å². The number of esters is 1. The van der Waals surface area contributed by atoms with Gasteiger partial charge in [0.1, 0.15) is 17.4 Å². The smallest absolute Gasteiger partial charge is 0.354 e. The molecule has 0 radical (unpaired) electrons. The molecule has 0 N–H and O–H groups in total. The van der Waals surface area contributed by atoms with Crippen LogP contribution in [0.1, 0.15) is 37.0 Å². The van der Waals surface area contributed by atoms with E-state index in [1.165, 1.54) is 6.92 Å². The number of rotatable bonds is 13. The molecule has 0 saturated heterocycles. The first-order valence-electron chi connectivity index (χ1n) is 11.6. The summed E-state index contributed by atoms with van der Waals surface area (Å²) in [5.74, 6) is -0.651. The zero-order valence-electron chi connectivity index (χ0n) is 21.7. The number of carbonyl (C=O) groups excluding carboxylic acids is 1. The van der Waals surface area contributed by atoms with Gasteiger partial charge in [0.15, 0.2) is 5.69 Å². The lowest BCUT2D eigenvalue weighted by Gasteiger charge is -2.11. The summed E-state index contributed by atoms with van der Waals surface area (Å²) in [5, 5.41) is 29.7. The summed E-state index contributed by atoms with van der Waals surface area (Å²) < 4.78 is 11.4. The van der Waals surface area contributed by atoms with E-state index >= 15 is 0 Å². The van der Waals surface area contributed by atoms with Gasteiger partial charge in [-0.05, 0) is 49.0 Å². The Morgan fingerprint density at radius 2 is 1.76 bits per heavy atom. The van der Waals surface area contributed by atoms with Crippen LogP contribution in [0.4, 0.5) is 17.2 Å². The van der Waals surface area contributed by atoms with E-state index in [1.807, 2.05) is 6.07 Å². The van der Waals surface area contributed by atoms with Gasteiger partial charge in [0.25, 0.3) is 0 Å². The van der Waals surface area contributed by atoms with Gasteiger partial charge >= 0.3 is 17.3 Å². The number of ether oxygens (including phenoxy) is 2. The molecular weight excluding hydrogens is 490 g/mol. The monoisotopic (exact) mass is 519 g/mol. The number of allylic oxidation sites excluding steroid dienone is 1. The molecule has 2 rings (SSSR count). The van der Waals surface area contributed by atoms with Crippen LogP contribution in [0, 0.1) is 28.4 Å². The van der Waals surface area contributed by atoms with E-state index in [9.17, 15) is 25.0 Å². The van der Waals surface area contributed by atoms with E-state index in [0.29, 0.717) is 29.0 Å². The molecule has 198 valence electrons. The van der Waals surface area contributed by atoms with Crippen LogP contribution in [0.3, 0.4) is 0 Å². The van der Waals surface area contributed by atoms with Crippen LogP contribution in [0.15, 0.2) is 75.9 Å². The topological polar surface area (TPSA) is 149 Å². The molecular formula is C27H29N5O6. The van der Waals surface area contributed by atoms with Crippen LogP contribution in [0.25, 0.3) is 0 Å². The lowest BCUT2D eigenvalue weighted by atomic mass is 10.1. The molecule has 11 heteroatoms. The molecule has 0 aliphatic carbocycles. The molecule has 38 heavy (non-hydrogen) atoms. The third-order valence-corrected chi connectivity index (χ3v) is 5.39. The highest BCUT2D eigenvalue weighted by atomic mass is 16.6. The third kappa shape index (κ3) is 7.57. The number of aromatic nitrogens is 1. The van der Waals surface area contributed by atoms with E-state index in [0.717, 1.165) is 10.1 Å². The van der Waals surface area contributed by atoms with E-state index in [4.69, 9.17) is 9.47 Å². The second-order valence-electron chi connectivity index (χ2n) is 8.44. The van der Waals surface area contributed by atoms with Crippen molar-refractivity contribution in [2.75, 3.05) is 13.2 Å². The highest BCUT2D eigenvalue weighted by Crippen LogP contribution is 2.33. The molecule has 0 bridgehead atoms. The van der Waals surface area contributed by atoms with Crippen molar-refractivity contribution in [3.05, 3.63) is 98.1 Å². The SMILES string of the molecule is C=C(C)C(=C)OCCCn1c([N+](=O)[O-])c(/N=N/c2ccc(CCOC(=O)C(=C)C)cc2)c(C)c(C#N)c1=O. The standard InChI is InChI=1S/C27H29N5O6/c1-17(2)20(6)37-14-7-13-31-25(32(35)36)24(19(5)23(16-28)26(31)33)30-29-22-10-8-21(9-11-22)12-15-38-27(34)18(3)4/h8-11H,1,3,6-7,12-15H2,2,4-5H3/b30-29+. The van der Waals surface area contributed by atoms with Crippen LogP contribution >= 0.6 is 0 Å². The van der Waals surface area contributed by atoms with Crippen LogP contribution in [-0.2, 0) is 27.2 Å². The van der Waals surface area contributed by atoms with Crippen molar-refractivity contribution in [3.63, 3.8) is 0 Å². The largest absolute Gasteiger partial charge is 0.494 e. The van der Waals surface area contributed by atoms with Gasteiger partial charge in [0.05, 0.1) is 25.4 Å². The Morgan fingerprint density at radius 1 is 1.11 bits per heavy atom. The molecule has 0 aliphatic heterocycles. The van der Waals surface area contributed by atoms with Gasteiger partial charge in [-0.3, -0.25) is 0 Å². The summed E-state index contributed by atoms with van der Waals surface area (Å²) in [6, 6.07) is 8.62. The second kappa shape index (κ2) is 13.5. The van der Waals surface area contributed by atoms with Gasteiger partial charge in [-0.25, -0.2) is 9.59 Å². The van der Waals surface area contributed by atoms with Crippen LogP contribution in [0.5, 0.6) is 0 Å². The van der Waals surface area contributed by atoms with Crippen molar-refractivity contribution >= 4 is 23.2 Å². The summed E-state index contributed by atoms with van der Waals surface area (Å²) in [6.45, 7) is 15.9. The number of carbonyl (C=O) groups is 1. The Morgan fingerprint density at radius 3 is 2.32 bits per heavy atom.